The van der Waals surface area contributed by atoms with Crippen LogP contribution in [0.1, 0.15) is 18.9 Å². The van der Waals surface area contributed by atoms with Gasteiger partial charge < -0.3 is 19.9 Å². The van der Waals surface area contributed by atoms with Gasteiger partial charge in [0.15, 0.2) is 11.5 Å². The summed E-state index contributed by atoms with van der Waals surface area (Å²) in [4.78, 5) is 11.3. The number of nitrogens with two attached hydrogens (primary N) is 1. The van der Waals surface area contributed by atoms with E-state index in [4.69, 9.17) is 19.9 Å². The van der Waals surface area contributed by atoms with E-state index < -0.39 is 0 Å². The molecule has 1 aliphatic rings. The van der Waals surface area contributed by atoms with E-state index in [0.717, 1.165) is 17.1 Å². The van der Waals surface area contributed by atoms with Crippen LogP contribution in [0.2, 0.25) is 0 Å². The molecular formula is C14H19NO4. The fourth-order valence-corrected chi connectivity index (χ4v) is 2.02. The van der Waals surface area contributed by atoms with E-state index in [9.17, 15) is 4.79 Å². The smallest absolute Gasteiger partial charge is 0.307 e. The van der Waals surface area contributed by atoms with Gasteiger partial charge in [0.25, 0.3) is 0 Å². The topological polar surface area (TPSA) is 70.8 Å². The van der Waals surface area contributed by atoms with Gasteiger partial charge in [-0.1, -0.05) is 6.07 Å². The molecule has 0 radical (unpaired) electrons. The fourth-order valence-electron chi connectivity index (χ4n) is 2.02. The van der Waals surface area contributed by atoms with Gasteiger partial charge in [0.1, 0.15) is 13.2 Å². The lowest BCUT2D eigenvalue weighted by Gasteiger charge is -2.19. The molecule has 0 aromatic heterocycles. The van der Waals surface area contributed by atoms with E-state index in [1.165, 1.54) is 0 Å². The molecule has 1 heterocycles. The lowest BCUT2D eigenvalue weighted by molar-refractivity contribution is -0.143. The van der Waals surface area contributed by atoms with Crippen LogP contribution in [-0.4, -0.2) is 31.8 Å². The number of carbonyl (C=O) groups is 1. The van der Waals surface area contributed by atoms with Gasteiger partial charge in [-0.05, 0) is 31.0 Å². The highest BCUT2D eigenvalue weighted by Gasteiger charge is 2.15. The molecule has 104 valence electrons. The maximum absolute atomic E-state index is 11.3. The lowest BCUT2D eigenvalue weighted by Crippen LogP contribution is -2.27. The summed E-state index contributed by atoms with van der Waals surface area (Å²) in [7, 11) is 0. The minimum absolute atomic E-state index is 0.224. The van der Waals surface area contributed by atoms with Gasteiger partial charge in [-0.3, -0.25) is 4.79 Å². The number of hydrogen-bond acceptors (Lipinski definition) is 5. The quantitative estimate of drug-likeness (QED) is 0.812. The molecule has 1 aliphatic heterocycles. The predicted molar refractivity (Wildman–Crippen MR) is 70.4 cm³/mol. The second-order valence-electron chi connectivity index (χ2n) is 4.45. The first-order valence-corrected chi connectivity index (χ1v) is 6.48. The second-order valence-corrected chi connectivity index (χ2v) is 4.45. The van der Waals surface area contributed by atoms with Crippen molar-refractivity contribution in [3.8, 4) is 11.5 Å². The van der Waals surface area contributed by atoms with Crippen LogP contribution < -0.4 is 15.2 Å². The van der Waals surface area contributed by atoms with E-state index >= 15 is 0 Å². The molecule has 0 saturated heterocycles. The maximum Gasteiger partial charge on any atom is 0.307 e. The molecule has 1 unspecified atom stereocenters. The molecule has 0 aliphatic carbocycles. The SMILES string of the molecule is CCOC(=O)CC(N)Cc1ccc2c(c1)OCCO2. The van der Waals surface area contributed by atoms with Gasteiger partial charge in [0.2, 0.25) is 0 Å². The second kappa shape index (κ2) is 6.43. The Labute approximate surface area is 112 Å². The Hall–Kier alpha value is -1.75. The Morgan fingerprint density at radius 2 is 2.11 bits per heavy atom. The number of hydrogen-bond donors (Lipinski definition) is 1. The maximum atomic E-state index is 11.3. The Morgan fingerprint density at radius 1 is 1.37 bits per heavy atom. The molecule has 5 heteroatoms. The van der Waals surface area contributed by atoms with Crippen molar-refractivity contribution >= 4 is 5.97 Å². The largest absolute Gasteiger partial charge is 0.486 e. The normalized spacial score (nSPS) is 14.8. The highest BCUT2D eigenvalue weighted by molar-refractivity contribution is 5.70. The Morgan fingerprint density at radius 3 is 2.84 bits per heavy atom. The molecule has 1 aromatic rings. The van der Waals surface area contributed by atoms with Crippen molar-refractivity contribution in [3.05, 3.63) is 23.8 Å². The Kier molecular flexibility index (Phi) is 4.63. The zero-order valence-electron chi connectivity index (χ0n) is 11.1. The minimum atomic E-state index is -0.257. The number of esters is 1. The summed E-state index contributed by atoms with van der Waals surface area (Å²) in [6.45, 7) is 3.31. The minimum Gasteiger partial charge on any atom is -0.486 e. The first-order chi connectivity index (χ1) is 9.19. The number of fused-ring (bicyclic) bond motifs is 1. The summed E-state index contributed by atoms with van der Waals surface area (Å²) < 4.78 is 15.8. The monoisotopic (exact) mass is 265 g/mol. The summed E-state index contributed by atoms with van der Waals surface area (Å²) in [6, 6.07) is 5.49. The van der Waals surface area contributed by atoms with E-state index in [0.29, 0.717) is 26.2 Å². The van der Waals surface area contributed by atoms with E-state index in [2.05, 4.69) is 0 Å². The van der Waals surface area contributed by atoms with Crippen LogP contribution in [0.5, 0.6) is 11.5 Å². The number of carbonyl (C=O) groups excluding carboxylic acids is 1. The zero-order valence-corrected chi connectivity index (χ0v) is 11.1. The van der Waals surface area contributed by atoms with Crippen molar-refractivity contribution < 1.29 is 19.0 Å². The number of benzene rings is 1. The van der Waals surface area contributed by atoms with Crippen LogP contribution in [0.4, 0.5) is 0 Å². The average molecular weight is 265 g/mol. The molecule has 2 N–H and O–H groups in total. The van der Waals surface area contributed by atoms with Crippen molar-refractivity contribution in [1.29, 1.82) is 0 Å². The Balaban J connectivity index is 1.93. The van der Waals surface area contributed by atoms with Crippen LogP contribution in [0.3, 0.4) is 0 Å². The van der Waals surface area contributed by atoms with Crippen molar-refractivity contribution in [3.63, 3.8) is 0 Å². The number of ether oxygens (including phenoxy) is 3. The summed E-state index contributed by atoms with van der Waals surface area (Å²) >= 11 is 0. The van der Waals surface area contributed by atoms with Crippen molar-refractivity contribution in [1.82, 2.24) is 0 Å². The van der Waals surface area contributed by atoms with Crippen LogP contribution in [0, 0.1) is 0 Å². The van der Waals surface area contributed by atoms with E-state index in [1.54, 1.807) is 6.92 Å². The third kappa shape index (κ3) is 3.86. The lowest BCUT2D eigenvalue weighted by atomic mass is 10.0. The van der Waals surface area contributed by atoms with Crippen molar-refractivity contribution in [2.75, 3.05) is 19.8 Å². The summed E-state index contributed by atoms with van der Waals surface area (Å²) in [6.07, 6.45) is 0.831. The van der Waals surface area contributed by atoms with Gasteiger partial charge in [-0.2, -0.15) is 0 Å². The molecule has 0 spiro atoms. The molecule has 0 fully saturated rings. The summed E-state index contributed by atoms with van der Waals surface area (Å²) in [5.41, 5.74) is 6.97. The molecule has 1 atom stereocenters. The zero-order chi connectivity index (χ0) is 13.7. The molecule has 0 saturated carbocycles. The summed E-state index contributed by atoms with van der Waals surface area (Å²) in [5.74, 6) is 1.24. The first-order valence-electron chi connectivity index (χ1n) is 6.48. The van der Waals surface area contributed by atoms with Crippen LogP contribution >= 0.6 is 0 Å². The summed E-state index contributed by atoms with van der Waals surface area (Å²) in [5, 5.41) is 0. The van der Waals surface area contributed by atoms with Gasteiger partial charge in [0.05, 0.1) is 13.0 Å². The van der Waals surface area contributed by atoms with Crippen LogP contribution in [0.25, 0.3) is 0 Å². The standard InChI is InChI=1S/C14H19NO4/c1-2-17-14(16)9-11(15)7-10-3-4-12-13(8-10)19-6-5-18-12/h3-4,8,11H,2,5-7,9,15H2,1H3. The fraction of sp³-hybridized carbons (Fsp3) is 0.500. The Bertz CT molecular complexity index is 447. The predicted octanol–water partition coefficient (Wildman–Crippen LogP) is 1.28. The number of rotatable bonds is 5. The van der Waals surface area contributed by atoms with Gasteiger partial charge in [-0.25, -0.2) is 0 Å². The van der Waals surface area contributed by atoms with Crippen LogP contribution in [-0.2, 0) is 16.0 Å². The first kappa shape index (κ1) is 13.7. The van der Waals surface area contributed by atoms with Crippen molar-refractivity contribution in [2.45, 2.75) is 25.8 Å². The molecule has 0 bridgehead atoms. The molecule has 5 nitrogen and oxygen atoms in total. The van der Waals surface area contributed by atoms with E-state index in [-0.39, 0.29) is 18.4 Å². The molecule has 0 amide bonds. The highest BCUT2D eigenvalue weighted by atomic mass is 16.6. The molecular weight excluding hydrogens is 246 g/mol. The van der Waals surface area contributed by atoms with Gasteiger partial charge in [0, 0.05) is 6.04 Å². The highest BCUT2D eigenvalue weighted by Crippen LogP contribution is 2.31. The average Bonchev–Trinajstić information content (AvgIpc) is 2.38. The van der Waals surface area contributed by atoms with E-state index in [1.807, 2.05) is 18.2 Å². The van der Waals surface area contributed by atoms with Gasteiger partial charge in [-0.15, -0.1) is 0 Å². The molecule has 19 heavy (non-hydrogen) atoms. The van der Waals surface area contributed by atoms with Crippen LogP contribution in [0.15, 0.2) is 18.2 Å². The van der Waals surface area contributed by atoms with Gasteiger partial charge >= 0.3 is 5.97 Å². The molecule has 1 aromatic carbocycles. The third-order valence-electron chi connectivity index (χ3n) is 2.84. The van der Waals surface area contributed by atoms with Crippen molar-refractivity contribution in [2.24, 2.45) is 5.73 Å². The molecule has 2 rings (SSSR count). The third-order valence-corrected chi connectivity index (χ3v) is 2.84.